The summed E-state index contributed by atoms with van der Waals surface area (Å²) in [6.45, 7) is 5.19. The second-order valence-corrected chi connectivity index (χ2v) is 6.17. The number of carbonyl (C=O) groups excluding carboxylic acids is 1. The highest BCUT2D eigenvalue weighted by Gasteiger charge is 2.13. The van der Waals surface area contributed by atoms with Crippen LogP contribution in [0, 0.1) is 0 Å². The van der Waals surface area contributed by atoms with E-state index in [2.05, 4.69) is 28.2 Å². The SMILES string of the molecule is CCCCOc1cccc(NC(=O)c2cc(Br)ccc2OCC)c1. The molecule has 0 bridgehead atoms. The van der Waals surface area contributed by atoms with E-state index in [4.69, 9.17) is 9.47 Å². The third-order valence-corrected chi connectivity index (χ3v) is 3.84. The van der Waals surface area contributed by atoms with Crippen LogP contribution in [0.15, 0.2) is 46.9 Å². The lowest BCUT2D eigenvalue weighted by atomic mass is 10.2. The van der Waals surface area contributed by atoms with Crippen LogP contribution in [0.3, 0.4) is 0 Å². The first-order valence-electron chi connectivity index (χ1n) is 8.10. The highest BCUT2D eigenvalue weighted by Crippen LogP contribution is 2.25. The normalized spacial score (nSPS) is 10.3. The molecule has 0 heterocycles. The van der Waals surface area contributed by atoms with E-state index >= 15 is 0 Å². The molecular weight excluding hydrogens is 370 g/mol. The van der Waals surface area contributed by atoms with Crippen molar-refractivity contribution in [3.63, 3.8) is 0 Å². The fourth-order valence-corrected chi connectivity index (χ4v) is 2.52. The summed E-state index contributed by atoms with van der Waals surface area (Å²) in [5.74, 6) is 1.10. The summed E-state index contributed by atoms with van der Waals surface area (Å²) in [6, 6.07) is 12.8. The van der Waals surface area contributed by atoms with Gasteiger partial charge in [0.05, 0.1) is 18.8 Å². The highest BCUT2D eigenvalue weighted by molar-refractivity contribution is 9.10. The lowest BCUT2D eigenvalue weighted by Crippen LogP contribution is -2.14. The fourth-order valence-electron chi connectivity index (χ4n) is 2.16. The molecule has 4 nitrogen and oxygen atoms in total. The molecule has 0 fully saturated rings. The first kappa shape index (κ1) is 18.3. The van der Waals surface area contributed by atoms with Crippen LogP contribution in [0.2, 0.25) is 0 Å². The molecule has 0 unspecified atom stereocenters. The molecule has 0 spiro atoms. The molecule has 1 N–H and O–H groups in total. The van der Waals surface area contributed by atoms with Gasteiger partial charge in [0.2, 0.25) is 0 Å². The summed E-state index contributed by atoms with van der Waals surface area (Å²) in [6.07, 6.45) is 2.09. The lowest BCUT2D eigenvalue weighted by molar-refractivity contribution is 0.102. The molecule has 2 aromatic rings. The number of hydrogen-bond acceptors (Lipinski definition) is 3. The largest absolute Gasteiger partial charge is 0.494 e. The van der Waals surface area contributed by atoms with Gasteiger partial charge < -0.3 is 14.8 Å². The maximum atomic E-state index is 12.6. The number of nitrogens with one attached hydrogen (secondary N) is 1. The third-order valence-electron chi connectivity index (χ3n) is 3.34. The second-order valence-electron chi connectivity index (χ2n) is 5.26. The van der Waals surface area contributed by atoms with E-state index in [1.54, 1.807) is 12.1 Å². The van der Waals surface area contributed by atoms with Crippen LogP contribution >= 0.6 is 15.9 Å². The number of halogens is 1. The summed E-state index contributed by atoms with van der Waals surface area (Å²) in [5, 5.41) is 2.90. The van der Waals surface area contributed by atoms with Gasteiger partial charge in [-0.1, -0.05) is 35.3 Å². The molecule has 24 heavy (non-hydrogen) atoms. The Hall–Kier alpha value is -2.01. The Morgan fingerprint density at radius 2 is 1.96 bits per heavy atom. The predicted octanol–water partition coefficient (Wildman–Crippen LogP) is 5.28. The van der Waals surface area contributed by atoms with Gasteiger partial charge in [-0.05, 0) is 43.7 Å². The van der Waals surface area contributed by atoms with Crippen LogP contribution in [-0.4, -0.2) is 19.1 Å². The molecule has 0 aromatic heterocycles. The van der Waals surface area contributed by atoms with Crippen molar-refractivity contribution in [2.75, 3.05) is 18.5 Å². The van der Waals surface area contributed by atoms with Crippen LogP contribution in [0.1, 0.15) is 37.0 Å². The minimum Gasteiger partial charge on any atom is -0.494 e. The Kier molecular flexibility index (Phi) is 7.12. The van der Waals surface area contributed by atoms with E-state index < -0.39 is 0 Å². The number of rotatable bonds is 8. The van der Waals surface area contributed by atoms with Gasteiger partial charge in [-0.3, -0.25) is 4.79 Å². The fraction of sp³-hybridized carbons (Fsp3) is 0.316. The number of hydrogen-bond donors (Lipinski definition) is 1. The number of unbranched alkanes of at least 4 members (excludes halogenated alkanes) is 1. The maximum absolute atomic E-state index is 12.6. The molecule has 0 aliphatic carbocycles. The standard InChI is InChI=1S/C19H22BrNO3/c1-3-5-11-24-16-8-6-7-15(13-16)21-19(22)17-12-14(20)9-10-18(17)23-4-2/h6-10,12-13H,3-5,11H2,1-2H3,(H,21,22). The van der Waals surface area contributed by atoms with Crippen LogP contribution < -0.4 is 14.8 Å². The summed E-state index contributed by atoms with van der Waals surface area (Å²) >= 11 is 3.39. The van der Waals surface area contributed by atoms with Gasteiger partial charge >= 0.3 is 0 Å². The number of anilines is 1. The van der Waals surface area contributed by atoms with Crippen molar-refractivity contribution in [1.29, 1.82) is 0 Å². The Morgan fingerprint density at radius 1 is 1.12 bits per heavy atom. The summed E-state index contributed by atoms with van der Waals surface area (Å²) in [4.78, 5) is 12.6. The molecule has 1 amide bonds. The van der Waals surface area contributed by atoms with Gasteiger partial charge in [0.25, 0.3) is 5.91 Å². The molecule has 0 saturated heterocycles. The Labute approximate surface area is 151 Å². The van der Waals surface area contributed by atoms with Crippen molar-refractivity contribution in [1.82, 2.24) is 0 Å². The molecule has 0 aliphatic rings. The van der Waals surface area contributed by atoms with E-state index in [0.29, 0.717) is 30.2 Å². The highest BCUT2D eigenvalue weighted by atomic mass is 79.9. The van der Waals surface area contributed by atoms with Crippen LogP contribution in [0.5, 0.6) is 11.5 Å². The van der Waals surface area contributed by atoms with Gasteiger partial charge in [-0.15, -0.1) is 0 Å². The first-order valence-corrected chi connectivity index (χ1v) is 8.90. The molecule has 0 radical (unpaired) electrons. The van der Waals surface area contributed by atoms with Crippen LogP contribution in [0.25, 0.3) is 0 Å². The molecule has 128 valence electrons. The summed E-state index contributed by atoms with van der Waals surface area (Å²) in [7, 11) is 0. The molecule has 5 heteroatoms. The number of benzene rings is 2. The van der Waals surface area contributed by atoms with Gasteiger partial charge in [-0.2, -0.15) is 0 Å². The zero-order chi connectivity index (χ0) is 17.4. The topological polar surface area (TPSA) is 47.6 Å². The smallest absolute Gasteiger partial charge is 0.259 e. The summed E-state index contributed by atoms with van der Waals surface area (Å²) in [5.41, 5.74) is 1.18. The minimum atomic E-state index is -0.217. The van der Waals surface area contributed by atoms with E-state index in [0.717, 1.165) is 23.1 Å². The van der Waals surface area contributed by atoms with E-state index in [9.17, 15) is 4.79 Å². The Balaban J connectivity index is 2.12. The molecule has 0 aliphatic heterocycles. The van der Waals surface area contributed by atoms with Crippen LogP contribution in [-0.2, 0) is 0 Å². The Morgan fingerprint density at radius 3 is 2.71 bits per heavy atom. The summed E-state index contributed by atoms with van der Waals surface area (Å²) < 4.78 is 12.0. The van der Waals surface area contributed by atoms with Crippen molar-refractivity contribution in [2.24, 2.45) is 0 Å². The van der Waals surface area contributed by atoms with Crippen LogP contribution in [0.4, 0.5) is 5.69 Å². The van der Waals surface area contributed by atoms with Crippen molar-refractivity contribution in [2.45, 2.75) is 26.7 Å². The number of amides is 1. The average molecular weight is 392 g/mol. The van der Waals surface area contributed by atoms with Gasteiger partial charge in [0.1, 0.15) is 11.5 Å². The average Bonchev–Trinajstić information content (AvgIpc) is 2.57. The molecule has 2 rings (SSSR count). The lowest BCUT2D eigenvalue weighted by Gasteiger charge is -2.12. The molecule has 2 aromatic carbocycles. The maximum Gasteiger partial charge on any atom is 0.259 e. The molecule has 0 saturated carbocycles. The number of carbonyl (C=O) groups is 1. The third kappa shape index (κ3) is 5.27. The van der Waals surface area contributed by atoms with Crippen molar-refractivity contribution in [3.8, 4) is 11.5 Å². The number of ether oxygens (including phenoxy) is 2. The predicted molar refractivity (Wildman–Crippen MR) is 100 cm³/mol. The van der Waals surface area contributed by atoms with E-state index in [1.165, 1.54) is 0 Å². The van der Waals surface area contributed by atoms with Gasteiger partial charge in [0.15, 0.2) is 0 Å². The van der Waals surface area contributed by atoms with E-state index in [1.807, 2.05) is 37.3 Å². The monoisotopic (exact) mass is 391 g/mol. The van der Waals surface area contributed by atoms with Crippen molar-refractivity contribution < 1.29 is 14.3 Å². The minimum absolute atomic E-state index is 0.217. The van der Waals surface area contributed by atoms with Gasteiger partial charge in [-0.25, -0.2) is 0 Å². The second kappa shape index (κ2) is 9.33. The molecule has 0 atom stereocenters. The first-order chi connectivity index (χ1) is 11.6. The van der Waals surface area contributed by atoms with E-state index in [-0.39, 0.29) is 5.91 Å². The van der Waals surface area contributed by atoms with Gasteiger partial charge in [0, 0.05) is 16.2 Å². The zero-order valence-corrected chi connectivity index (χ0v) is 15.6. The quantitative estimate of drug-likeness (QED) is 0.622. The zero-order valence-electron chi connectivity index (χ0n) is 14.0. The molecular formula is C19H22BrNO3. The Bertz CT molecular complexity index is 688. The van der Waals surface area contributed by atoms with Crippen molar-refractivity contribution >= 4 is 27.5 Å². The van der Waals surface area contributed by atoms with Crippen molar-refractivity contribution in [3.05, 3.63) is 52.5 Å².